The van der Waals surface area contributed by atoms with Gasteiger partial charge in [0.1, 0.15) is 0 Å². The number of ether oxygens (including phenoxy) is 2. The van der Waals surface area contributed by atoms with Gasteiger partial charge < -0.3 is 24.7 Å². The van der Waals surface area contributed by atoms with Gasteiger partial charge >= 0.3 is 0 Å². The molecule has 2 N–H and O–H groups in total. The highest BCUT2D eigenvalue weighted by Crippen LogP contribution is 2.28. The van der Waals surface area contributed by atoms with Crippen molar-refractivity contribution in [3.63, 3.8) is 0 Å². The third-order valence-electron chi connectivity index (χ3n) is 5.40. The largest absolute Gasteiger partial charge is 0.493 e. The van der Waals surface area contributed by atoms with E-state index < -0.39 is 0 Å². The van der Waals surface area contributed by atoms with E-state index in [1.807, 2.05) is 16.7 Å². The fourth-order valence-electron chi connectivity index (χ4n) is 3.55. The van der Waals surface area contributed by atoms with Crippen LogP contribution in [0.25, 0.3) is 0 Å². The number of carbonyl (C=O) groups is 2. The number of rotatable bonds is 12. The molecule has 0 saturated carbocycles. The summed E-state index contributed by atoms with van der Waals surface area (Å²) in [7, 11) is 3.05. The van der Waals surface area contributed by atoms with Crippen LogP contribution >= 0.6 is 34.4 Å². The molecule has 0 atom stereocenters. The number of nitrogens with one attached hydrogen (secondary N) is 2. The third-order valence-corrected chi connectivity index (χ3v) is 7.04. The normalized spacial score (nSPS) is 10.8. The Labute approximate surface area is 234 Å². The second kappa shape index (κ2) is 13.5. The Morgan fingerprint density at radius 2 is 1.89 bits per heavy atom. The van der Waals surface area contributed by atoms with Crippen molar-refractivity contribution in [2.24, 2.45) is 0 Å². The van der Waals surface area contributed by atoms with Gasteiger partial charge in [0.2, 0.25) is 5.91 Å². The third kappa shape index (κ3) is 7.48. The Hall–Kier alpha value is -3.06. The second-order valence-corrected chi connectivity index (χ2v) is 10.5. The molecule has 1 aromatic heterocycles. The highest BCUT2D eigenvalue weighted by atomic mass is 127. The number of carbonyl (C=O) groups excluding carboxylic acids is 2. The van der Waals surface area contributed by atoms with Crippen molar-refractivity contribution in [1.82, 2.24) is 20.1 Å². The average Bonchev–Trinajstić information content (AvgIpc) is 3.27. The summed E-state index contributed by atoms with van der Waals surface area (Å²) in [4.78, 5) is 25.4. The first-order chi connectivity index (χ1) is 17.8. The SMILES string of the molecule is C=CCn1c(CNC(=O)c2ccc(OC)c(OC)c2)nnc1SCC(=O)Nc1ccc(I)cc1C(C)C. The van der Waals surface area contributed by atoms with Crippen LogP contribution in [0.2, 0.25) is 0 Å². The van der Waals surface area contributed by atoms with Crippen LogP contribution in [-0.2, 0) is 17.9 Å². The topological polar surface area (TPSA) is 107 Å². The van der Waals surface area contributed by atoms with E-state index in [9.17, 15) is 9.59 Å². The van der Waals surface area contributed by atoms with Gasteiger partial charge in [0.05, 0.1) is 26.5 Å². The van der Waals surface area contributed by atoms with Gasteiger partial charge in [-0.1, -0.05) is 31.7 Å². The number of hydrogen-bond donors (Lipinski definition) is 2. The Kier molecular flexibility index (Phi) is 10.4. The molecule has 9 nitrogen and oxygen atoms in total. The van der Waals surface area contributed by atoms with E-state index in [2.05, 4.69) is 69.9 Å². The molecular formula is C26H30IN5O4S. The van der Waals surface area contributed by atoms with Crippen LogP contribution < -0.4 is 20.1 Å². The van der Waals surface area contributed by atoms with Crippen molar-refractivity contribution in [2.75, 3.05) is 25.3 Å². The molecular weight excluding hydrogens is 605 g/mol. The lowest BCUT2D eigenvalue weighted by molar-refractivity contribution is -0.113. The number of halogens is 1. The van der Waals surface area contributed by atoms with Gasteiger partial charge in [0.25, 0.3) is 5.91 Å². The monoisotopic (exact) mass is 635 g/mol. The van der Waals surface area contributed by atoms with Crippen LogP contribution in [0.5, 0.6) is 11.5 Å². The number of anilines is 1. The zero-order chi connectivity index (χ0) is 26.9. The standard InChI is InChI=1S/C26H30IN5O4S/c1-6-11-32-23(14-28-25(34)17-7-10-21(35-4)22(12-17)36-5)30-31-26(32)37-15-24(33)29-20-9-8-18(27)13-19(20)16(2)3/h6-10,12-13,16H,1,11,14-15H2,2-5H3,(H,28,34)(H,29,33). The minimum absolute atomic E-state index is 0.135. The smallest absolute Gasteiger partial charge is 0.251 e. The van der Waals surface area contributed by atoms with Crippen molar-refractivity contribution in [3.05, 3.63) is 69.6 Å². The molecule has 196 valence electrons. The van der Waals surface area contributed by atoms with E-state index in [1.165, 1.54) is 26.0 Å². The molecule has 0 aliphatic rings. The average molecular weight is 636 g/mol. The molecule has 0 saturated heterocycles. The summed E-state index contributed by atoms with van der Waals surface area (Å²) in [5.41, 5.74) is 2.33. The minimum Gasteiger partial charge on any atom is -0.493 e. The molecule has 0 bridgehead atoms. The predicted molar refractivity (Wildman–Crippen MR) is 154 cm³/mol. The number of aromatic nitrogens is 3. The number of hydrogen-bond acceptors (Lipinski definition) is 7. The van der Waals surface area contributed by atoms with Gasteiger partial charge in [-0.2, -0.15) is 0 Å². The number of thioether (sulfide) groups is 1. The van der Waals surface area contributed by atoms with Gasteiger partial charge in [0.15, 0.2) is 22.5 Å². The quantitative estimate of drug-likeness (QED) is 0.166. The molecule has 3 aromatic rings. The van der Waals surface area contributed by atoms with Gasteiger partial charge in [-0.15, -0.1) is 16.8 Å². The second-order valence-electron chi connectivity index (χ2n) is 8.27. The summed E-state index contributed by atoms with van der Waals surface area (Å²) < 4.78 is 13.4. The number of methoxy groups -OCH3 is 2. The van der Waals surface area contributed by atoms with Crippen molar-refractivity contribution in [1.29, 1.82) is 0 Å². The zero-order valence-electron chi connectivity index (χ0n) is 21.2. The molecule has 0 aliphatic carbocycles. The maximum absolute atomic E-state index is 12.7. The van der Waals surface area contributed by atoms with Crippen LogP contribution in [0.3, 0.4) is 0 Å². The van der Waals surface area contributed by atoms with Crippen molar-refractivity contribution >= 4 is 51.9 Å². The van der Waals surface area contributed by atoms with Gasteiger partial charge in [-0.3, -0.25) is 9.59 Å². The Balaban J connectivity index is 1.65. The minimum atomic E-state index is -0.291. The van der Waals surface area contributed by atoms with Crippen LogP contribution in [-0.4, -0.2) is 46.6 Å². The lowest BCUT2D eigenvalue weighted by Crippen LogP contribution is -2.25. The molecule has 37 heavy (non-hydrogen) atoms. The lowest BCUT2D eigenvalue weighted by Gasteiger charge is -2.14. The van der Waals surface area contributed by atoms with E-state index >= 15 is 0 Å². The molecule has 2 amide bonds. The summed E-state index contributed by atoms with van der Waals surface area (Å²) in [5, 5.41) is 14.9. The van der Waals surface area contributed by atoms with E-state index in [-0.39, 0.29) is 30.0 Å². The van der Waals surface area contributed by atoms with E-state index in [1.54, 1.807) is 24.3 Å². The van der Waals surface area contributed by atoms with Crippen molar-refractivity contribution in [2.45, 2.75) is 38.0 Å². The van der Waals surface area contributed by atoms with Crippen molar-refractivity contribution < 1.29 is 19.1 Å². The van der Waals surface area contributed by atoms with E-state index in [0.29, 0.717) is 34.6 Å². The highest BCUT2D eigenvalue weighted by molar-refractivity contribution is 14.1. The number of benzene rings is 2. The summed E-state index contributed by atoms with van der Waals surface area (Å²) in [6.45, 7) is 8.59. The number of nitrogens with zero attached hydrogens (tertiary/aromatic N) is 3. The highest BCUT2D eigenvalue weighted by Gasteiger charge is 2.17. The molecule has 0 fully saturated rings. The maximum atomic E-state index is 12.7. The zero-order valence-corrected chi connectivity index (χ0v) is 24.2. The van der Waals surface area contributed by atoms with E-state index in [0.717, 1.165) is 14.8 Å². The molecule has 0 radical (unpaired) electrons. The summed E-state index contributed by atoms with van der Waals surface area (Å²) >= 11 is 3.54. The first kappa shape index (κ1) is 28.5. The molecule has 0 aliphatic heterocycles. The molecule has 0 unspecified atom stereocenters. The summed E-state index contributed by atoms with van der Waals surface area (Å²) in [6.07, 6.45) is 1.72. The van der Waals surface area contributed by atoms with Crippen molar-refractivity contribution in [3.8, 4) is 11.5 Å². The van der Waals surface area contributed by atoms with Gasteiger partial charge in [0, 0.05) is 21.4 Å². The molecule has 11 heteroatoms. The first-order valence-corrected chi connectivity index (χ1v) is 13.6. The molecule has 2 aromatic carbocycles. The number of amides is 2. The predicted octanol–water partition coefficient (Wildman–Crippen LogP) is 4.87. The Morgan fingerprint density at radius 3 is 2.57 bits per heavy atom. The molecule has 0 spiro atoms. The summed E-state index contributed by atoms with van der Waals surface area (Å²) in [6, 6.07) is 10.9. The lowest BCUT2D eigenvalue weighted by atomic mass is 10.0. The number of allylic oxidation sites excluding steroid dienone is 1. The maximum Gasteiger partial charge on any atom is 0.251 e. The first-order valence-electron chi connectivity index (χ1n) is 11.5. The van der Waals surface area contributed by atoms with Crippen LogP contribution in [0.1, 0.15) is 41.5 Å². The van der Waals surface area contributed by atoms with Gasteiger partial charge in [-0.25, -0.2) is 0 Å². The van der Waals surface area contributed by atoms with Crippen LogP contribution in [0, 0.1) is 3.57 Å². The van der Waals surface area contributed by atoms with Crippen LogP contribution in [0.15, 0.2) is 54.2 Å². The Morgan fingerprint density at radius 1 is 1.14 bits per heavy atom. The van der Waals surface area contributed by atoms with Crippen LogP contribution in [0.4, 0.5) is 5.69 Å². The van der Waals surface area contributed by atoms with E-state index in [4.69, 9.17) is 9.47 Å². The molecule has 1 heterocycles. The summed E-state index contributed by atoms with van der Waals surface area (Å²) in [5.74, 6) is 1.58. The molecule has 3 rings (SSSR count). The fraction of sp³-hybridized carbons (Fsp3) is 0.308. The Bertz CT molecular complexity index is 1280. The van der Waals surface area contributed by atoms with Gasteiger partial charge in [-0.05, 0) is 70.5 Å². The fourth-order valence-corrected chi connectivity index (χ4v) is 4.83.